The molecule has 0 radical (unpaired) electrons. The van der Waals surface area contributed by atoms with E-state index in [1.54, 1.807) is 11.0 Å². The quantitative estimate of drug-likeness (QED) is 0.796. The zero-order valence-corrected chi connectivity index (χ0v) is 15.1. The van der Waals surface area contributed by atoms with Crippen LogP contribution in [0.2, 0.25) is 0 Å². The summed E-state index contributed by atoms with van der Waals surface area (Å²) in [5.41, 5.74) is 2.94. The van der Waals surface area contributed by atoms with E-state index in [2.05, 4.69) is 6.92 Å². The van der Waals surface area contributed by atoms with E-state index in [-0.39, 0.29) is 11.8 Å². The SMILES string of the molecule is CCc1ccc(C(=O)N2CCN(C(=O)/C=C/c3ccccc3)CC2)cc1. The van der Waals surface area contributed by atoms with Crippen LogP contribution in [0.1, 0.15) is 28.4 Å². The first-order chi connectivity index (χ1) is 12.7. The smallest absolute Gasteiger partial charge is 0.253 e. The summed E-state index contributed by atoms with van der Waals surface area (Å²) in [6.07, 6.45) is 4.40. The Labute approximate surface area is 154 Å². The molecule has 2 aromatic rings. The van der Waals surface area contributed by atoms with Gasteiger partial charge in [-0.2, -0.15) is 0 Å². The van der Waals surface area contributed by atoms with Gasteiger partial charge in [0.2, 0.25) is 5.91 Å². The molecule has 2 aromatic carbocycles. The van der Waals surface area contributed by atoms with Crippen LogP contribution in [0.15, 0.2) is 60.7 Å². The van der Waals surface area contributed by atoms with Crippen LogP contribution >= 0.6 is 0 Å². The fraction of sp³-hybridized carbons (Fsp3) is 0.273. The van der Waals surface area contributed by atoms with Crippen molar-refractivity contribution in [2.24, 2.45) is 0 Å². The van der Waals surface area contributed by atoms with Crippen LogP contribution in [0.25, 0.3) is 6.08 Å². The summed E-state index contributed by atoms with van der Waals surface area (Å²) >= 11 is 0. The molecule has 26 heavy (non-hydrogen) atoms. The number of piperazine rings is 1. The van der Waals surface area contributed by atoms with Crippen molar-refractivity contribution >= 4 is 17.9 Å². The monoisotopic (exact) mass is 348 g/mol. The minimum Gasteiger partial charge on any atom is -0.336 e. The maximum Gasteiger partial charge on any atom is 0.253 e. The number of amides is 2. The molecule has 1 heterocycles. The molecule has 1 saturated heterocycles. The van der Waals surface area contributed by atoms with Gasteiger partial charge in [-0.15, -0.1) is 0 Å². The lowest BCUT2D eigenvalue weighted by molar-refractivity contribution is -0.127. The van der Waals surface area contributed by atoms with Crippen LogP contribution < -0.4 is 0 Å². The summed E-state index contributed by atoms with van der Waals surface area (Å²) in [6.45, 7) is 4.37. The largest absolute Gasteiger partial charge is 0.336 e. The van der Waals surface area contributed by atoms with Gasteiger partial charge in [0.25, 0.3) is 5.91 Å². The maximum absolute atomic E-state index is 12.6. The third-order valence-electron chi connectivity index (χ3n) is 4.71. The molecule has 0 atom stereocenters. The van der Waals surface area contributed by atoms with Crippen LogP contribution in [0.4, 0.5) is 0 Å². The summed E-state index contributed by atoms with van der Waals surface area (Å²) in [5, 5.41) is 0. The van der Waals surface area contributed by atoms with Gasteiger partial charge in [0.15, 0.2) is 0 Å². The Morgan fingerprint density at radius 3 is 2.12 bits per heavy atom. The highest BCUT2D eigenvalue weighted by atomic mass is 16.2. The summed E-state index contributed by atoms with van der Waals surface area (Å²) in [5.74, 6) is 0.0350. The van der Waals surface area contributed by atoms with Gasteiger partial charge in [-0.3, -0.25) is 9.59 Å². The predicted octanol–water partition coefficient (Wildman–Crippen LogP) is 3.25. The van der Waals surface area contributed by atoms with E-state index < -0.39 is 0 Å². The molecule has 0 N–H and O–H groups in total. The molecule has 2 amide bonds. The fourth-order valence-corrected chi connectivity index (χ4v) is 3.03. The van der Waals surface area contributed by atoms with Crippen molar-refractivity contribution in [3.63, 3.8) is 0 Å². The lowest BCUT2D eigenvalue weighted by Crippen LogP contribution is -2.50. The van der Waals surface area contributed by atoms with Crippen LogP contribution in [0.3, 0.4) is 0 Å². The lowest BCUT2D eigenvalue weighted by atomic mass is 10.1. The molecule has 0 bridgehead atoms. The van der Waals surface area contributed by atoms with Gasteiger partial charge < -0.3 is 9.80 Å². The molecule has 0 aromatic heterocycles. The van der Waals surface area contributed by atoms with Crippen LogP contribution in [0, 0.1) is 0 Å². The van der Waals surface area contributed by atoms with E-state index in [0.717, 1.165) is 12.0 Å². The Hall–Kier alpha value is -2.88. The zero-order chi connectivity index (χ0) is 18.4. The van der Waals surface area contributed by atoms with Crippen LogP contribution in [-0.4, -0.2) is 47.8 Å². The highest BCUT2D eigenvalue weighted by Crippen LogP contribution is 2.11. The second kappa shape index (κ2) is 8.48. The summed E-state index contributed by atoms with van der Waals surface area (Å²) < 4.78 is 0. The van der Waals surface area contributed by atoms with Gasteiger partial charge >= 0.3 is 0 Å². The predicted molar refractivity (Wildman–Crippen MR) is 104 cm³/mol. The highest BCUT2D eigenvalue weighted by Gasteiger charge is 2.23. The number of rotatable bonds is 4. The number of hydrogen-bond acceptors (Lipinski definition) is 2. The molecule has 1 aliphatic heterocycles. The summed E-state index contributed by atoms with van der Waals surface area (Å²) in [4.78, 5) is 28.5. The number of hydrogen-bond donors (Lipinski definition) is 0. The normalized spacial score (nSPS) is 14.7. The van der Waals surface area contributed by atoms with Gasteiger partial charge in [-0.25, -0.2) is 0 Å². The molecule has 1 aliphatic rings. The molecular weight excluding hydrogens is 324 g/mol. The van der Waals surface area contributed by atoms with Crippen LogP contribution in [0.5, 0.6) is 0 Å². The second-order valence-corrected chi connectivity index (χ2v) is 6.41. The first kappa shape index (κ1) is 17.9. The van der Waals surface area contributed by atoms with Crippen molar-refractivity contribution in [3.05, 3.63) is 77.4 Å². The Balaban J connectivity index is 1.54. The standard InChI is InChI=1S/C22H24N2O2/c1-2-18-8-11-20(12-9-18)22(26)24-16-14-23(15-17-24)21(25)13-10-19-6-4-3-5-7-19/h3-13H,2,14-17H2,1H3/b13-10+. The molecule has 4 nitrogen and oxygen atoms in total. The number of carbonyl (C=O) groups is 2. The lowest BCUT2D eigenvalue weighted by Gasteiger charge is -2.34. The third kappa shape index (κ3) is 4.39. The Morgan fingerprint density at radius 2 is 1.50 bits per heavy atom. The number of nitrogens with zero attached hydrogens (tertiary/aromatic N) is 2. The van der Waals surface area contributed by atoms with E-state index in [1.807, 2.05) is 65.6 Å². The Morgan fingerprint density at radius 1 is 0.885 bits per heavy atom. The topological polar surface area (TPSA) is 40.6 Å². The average Bonchev–Trinajstić information content (AvgIpc) is 2.72. The van der Waals surface area contributed by atoms with Crippen molar-refractivity contribution in [2.45, 2.75) is 13.3 Å². The second-order valence-electron chi connectivity index (χ2n) is 6.41. The van der Waals surface area contributed by atoms with E-state index in [4.69, 9.17) is 0 Å². The van der Waals surface area contributed by atoms with Crippen molar-refractivity contribution in [2.75, 3.05) is 26.2 Å². The minimum atomic E-state index is -0.00625. The van der Waals surface area contributed by atoms with Gasteiger partial charge in [0.05, 0.1) is 0 Å². The molecular formula is C22H24N2O2. The van der Waals surface area contributed by atoms with Gasteiger partial charge in [-0.1, -0.05) is 49.4 Å². The maximum atomic E-state index is 12.6. The number of carbonyl (C=O) groups excluding carboxylic acids is 2. The first-order valence-electron chi connectivity index (χ1n) is 9.07. The molecule has 0 unspecified atom stereocenters. The van der Waals surface area contributed by atoms with Gasteiger partial charge in [0.1, 0.15) is 0 Å². The van der Waals surface area contributed by atoms with E-state index in [9.17, 15) is 9.59 Å². The molecule has 1 fully saturated rings. The molecule has 0 saturated carbocycles. The van der Waals surface area contributed by atoms with Gasteiger partial charge in [-0.05, 0) is 35.8 Å². The van der Waals surface area contributed by atoms with Crippen molar-refractivity contribution < 1.29 is 9.59 Å². The van der Waals surface area contributed by atoms with Crippen LogP contribution in [-0.2, 0) is 11.2 Å². The molecule has 4 heteroatoms. The summed E-state index contributed by atoms with van der Waals surface area (Å²) in [6, 6.07) is 17.5. The average molecular weight is 348 g/mol. The summed E-state index contributed by atoms with van der Waals surface area (Å²) in [7, 11) is 0. The highest BCUT2D eigenvalue weighted by molar-refractivity contribution is 5.95. The van der Waals surface area contributed by atoms with Crippen molar-refractivity contribution in [1.29, 1.82) is 0 Å². The fourth-order valence-electron chi connectivity index (χ4n) is 3.03. The Bertz CT molecular complexity index is 774. The molecule has 0 spiro atoms. The third-order valence-corrected chi connectivity index (χ3v) is 4.71. The van der Waals surface area contributed by atoms with Crippen molar-refractivity contribution in [1.82, 2.24) is 9.80 Å². The number of benzene rings is 2. The van der Waals surface area contributed by atoms with E-state index in [1.165, 1.54) is 5.56 Å². The molecule has 134 valence electrons. The van der Waals surface area contributed by atoms with E-state index >= 15 is 0 Å². The first-order valence-corrected chi connectivity index (χ1v) is 9.07. The minimum absolute atomic E-state index is 0.00625. The van der Waals surface area contributed by atoms with E-state index in [0.29, 0.717) is 31.7 Å². The zero-order valence-electron chi connectivity index (χ0n) is 15.1. The van der Waals surface area contributed by atoms with Crippen molar-refractivity contribution in [3.8, 4) is 0 Å². The molecule has 0 aliphatic carbocycles. The number of aryl methyl sites for hydroxylation is 1. The Kier molecular flexibility index (Phi) is 5.84. The molecule has 3 rings (SSSR count). The van der Waals surface area contributed by atoms with Gasteiger partial charge in [0, 0.05) is 37.8 Å².